The smallest absolute Gasteiger partial charge is 0.407 e. The SMILES string of the molecule is C=CCOC(=O)NCc1cccc(-c2ccc(C3OC(CSc4ccc(NC(C)=O)cc4)CC(c4ccc(CO)cc4)O3)cc2)c1. The topological polar surface area (TPSA) is 106 Å². The van der Waals surface area contributed by atoms with Crippen LogP contribution in [0.4, 0.5) is 10.5 Å². The molecular weight excluding hydrogens is 600 g/mol. The molecule has 0 aromatic heterocycles. The highest BCUT2D eigenvalue weighted by atomic mass is 32.2. The third kappa shape index (κ3) is 9.31. The number of alkyl carbamates (subject to hydrolysis) is 1. The number of nitrogens with one attached hydrogen (secondary N) is 2. The van der Waals surface area contributed by atoms with E-state index in [-0.39, 0.29) is 31.3 Å². The van der Waals surface area contributed by atoms with Crippen LogP contribution in [0, 0.1) is 0 Å². The lowest BCUT2D eigenvalue weighted by molar-refractivity contribution is -0.245. The van der Waals surface area contributed by atoms with Crippen LogP contribution in [0.2, 0.25) is 0 Å². The second-order valence-electron chi connectivity index (χ2n) is 10.9. The maximum absolute atomic E-state index is 11.8. The fraction of sp³-hybridized carbons (Fsp3) is 0.243. The maximum atomic E-state index is 11.8. The average Bonchev–Trinajstić information content (AvgIpc) is 3.09. The Hall–Kier alpha value is -4.41. The predicted molar refractivity (Wildman–Crippen MR) is 180 cm³/mol. The Bertz CT molecular complexity index is 1610. The Morgan fingerprint density at radius 1 is 0.935 bits per heavy atom. The van der Waals surface area contributed by atoms with Gasteiger partial charge in [-0.2, -0.15) is 0 Å². The number of hydrogen-bond acceptors (Lipinski definition) is 7. The van der Waals surface area contributed by atoms with Gasteiger partial charge >= 0.3 is 6.09 Å². The van der Waals surface area contributed by atoms with Crippen molar-refractivity contribution in [3.8, 4) is 11.1 Å². The van der Waals surface area contributed by atoms with Crippen molar-refractivity contribution in [3.05, 3.63) is 132 Å². The van der Waals surface area contributed by atoms with Gasteiger partial charge in [-0.1, -0.05) is 79.4 Å². The summed E-state index contributed by atoms with van der Waals surface area (Å²) in [7, 11) is 0. The van der Waals surface area contributed by atoms with Gasteiger partial charge in [0.15, 0.2) is 6.29 Å². The van der Waals surface area contributed by atoms with Gasteiger partial charge in [0, 0.05) is 41.8 Å². The third-order valence-corrected chi connectivity index (χ3v) is 8.58. The first kappa shape index (κ1) is 33.0. The van der Waals surface area contributed by atoms with Crippen LogP contribution in [-0.4, -0.2) is 35.6 Å². The normalized spacial score (nSPS) is 17.6. The average molecular weight is 639 g/mol. The van der Waals surface area contributed by atoms with Crippen LogP contribution in [0.5, 0.6) is 0 Å². The van der Waals surface area contributed by atoms with Gasteiger partial charge in [-0.25, -0.2) is 4.79 Å². The predicted octanol–water partition coefficient (Wildman–Crippen LogP) is 7.55. The standard InChI is InChI=1S/C37H38N2O6S/c1-3-19-43-37(42)38-22-27-5-4-6-31(20-27)28-11-13-30(14-12-28)36-44-33(21-35(45-36)29-9-7-26(23-40)8-10-29)24-46-34-17-15-32(16-18-34)39-25(2)41/h3-18,20,33,35-36,40H,1,19,21-24H2,2H3,(H,38,42)(H,39,41). The molecule has 238 valence electrons. The summed E-state index contributed by atoms with van der Waals surface area (Å²) in [5.74, 6) is 0.627. The molecule has 0 saturated carbocycles. The molecule has 1 saturated heterocycles. The minimum absolute atomic E-state index is 0.00836. The van der Waals surface area contributed by atoms with Crippen LogP contribution in [0.3, 0.4) is 0 Å². The molecular formula is C37H38N2O6S. The van der Waals surface area contributed by atoms with Crippen LogP contribution in [0.1, 0.15) is 48.0 Å². The molecule has 3 unspecified atom stereocenters. The first-order valence-corrected chi connectivity index (χ1v) is 16.1. The van der Waals surface area contributed by atoms with Gasteiger partial charge in [0.05, 0.1) is 18.8 Å². The van der Waals surface area contributed by atoms with Gasteiger partial charge in [-0.15, -0.1) is 11.8 Å². The largest absolute Gasteiger partial charge is 0.445 e. The van der Waals surface area contributed by atoms with E-state index in [2.05, 4.69) is 17.2 Å². The number of rotatable bonds is 12. The zero-order chi connectivity index (χ0) is 32.3. The molecule has 8 nitrogen and oxygen atoms in total. The van der Waals surface area contributed by atoms with Crippen LogP contribution >= 0.6 is 11.8 Å². The quantitative estimate of drug-likeness (QED) is 0.109. The van der Waals surface area contributed by atoms with Gasteiger partial charge in [-0.3, -0.25) is 4.79 Å². The van der Waals surface area contributed by atoms with E-state index in [0.29, 0.717) is 13.0 Å². The van der Waals surface area contributed by atoms with Crippen LogP contribution < -0.4 is 10.6 Å². The number of carbonyl (C=O) groups excluding carboxylic acids is 2. The summed E-state index contributed by atoms with van der Waals surface area (Å²) < 4.78 is 18.0. The van der Waals surface area contributed by atoms with Crippen molar-refractivity contribution in [1.29, 1.82) is 0 Å². The minimum Gasteiger partial charge on any atom is -0.445 e. The zero-order valence-corrected chi connectivity index (χ0v) is 26.5. The molecule has 1 fully saturated rings. The molecule has 1 aliphatic rings. The summed E-state index contributed by atoms with van der Waals surface area (Å²) in [6.07, 6.45) is 0.909. The van der Waals surface area contributed by atoms with Crippen LogP contribution in [-0.2, 0) is 32.2 Å². The summed E-state index contributed by atoms with van der Waals surface area (Å²) in [5, 5.41) is 15.1. The molecule has 3 N–H and O–H groups in total. The number of hydrogen-bond donors (Lipinski definition) is 3. The second kappa shape index (κ2) is 16.2. The van der Waals surface area contributed by atoms with Crippen LogP contribution in [0.25, 0.3) is 11.1 Å². The molecule has 4 aromatic carbocycles. The van der Waals surface area contributed by atoms with Crippen molar-refractivity contribution in [2.24, 2.45) is 0 Å². The number of anilines is 1. The van der Waals surface area contributed by atoms with Crippen LogP contribution in [0.15, 0.2) is 115 Å². The van der Waals surface area contributed by atoms with Crippen molar-refractivity contribution in [1.82, 2.24) is 5.32 Å². The number of aliphatic hydroxyl groups is 1. The van der Waals surface area contributed by atoms with E-state index in [9.17, 15) is 14.7 Å². The summed E-state index contributed by atoms with van der Waals surface area (Å²) in [4.78, 5) is 24.3. The molecule has 5 rings (SSSR count). The van der Waals surface area contributed by atoms with Crippen molar-refractivity contribution in [2.75, 3.05) is 17.7 Å². The monoisotopic (exact) mass is 638 g/mol. The molecule has 0 aliphatic carbocycles. The molecule has 0 radical (unpaired) electrons. The molecule has 4 aromatic rings. The van der Waals surface area contributed by atoms with Crippen molar-refractivity contribution >= 4 is 29.4 Å². The highest BCUT2D eigenvalue weighted by Crippen LogP contribution is 2.40. The lowest BCUT2D eigenvalue weighted by Gasteiger charge is -2.36. The summed E-state index contributed by atoms with van der Waals surface area (Å²) in [5.41, 5.74) is 6.58. The van der Waals surface area contributed by atoms with Crippen molar-refractivity contribution in [3.63, 3.8) is 0 Å². The molecule has 46 heavy (non-hydrogen) atoms. The van der Waals surface area contributed by atoms with E-state index in [1.54, 1.807) is 11.8 Å². The number of thioether (sulfide) groups is 1. The molecule has 2 amide bonds. The zero-order valence-electron chi connectivity index (χ0n) is 25.7. The molecule has 9 heteroatoms. The van der Waals surface area contributed by atoms with Crippen molar-refractivity contribution in [2.45, 2.75) is 49.9 Å². The third-order valence-electron chi connectivity index (χ3n) is 7.44. The Morgan fingerprint density at radius 3 is 2.37 bits per heavy atom. The Kier molecular flexibility index (Phi) is 11.6. The van der Waals surface area contributed by atoms with E-state index in [4.69, 9.17) is 14.2 Å². The molecule has 1 heterocycles. The Balaban J connectivity index is 1.28. The van der Waals surface area contributed by atoms with E-state index >= 15 is 0 Å². The lowest BCUT2D eigenvalue weighted by atomic mass is 9.99. The summed E-state index contributed by atoms with van der Waals surface area (Å²) in [6, 6.07) is 31.8. The number of amides is 2. The van der Waals surface area contributed by atoms with E-state index < -0.39 is 12.4 Å². The second-order valence-corrected chi connectivity index (χ2v) is 12.0. The first-order valence-electron chi connectivity index (χ1n) is 15.1. The van der Waals surface area contributed by atoms with Gasteiger partial charge in [-0.05, 0) is 58.1 Å². The van der Waals surface area contributed by atoms with Crippen molar-refractivity contribution < 1.29 is 28.9 Å². The minimum atomic E-state index is -0.560. The van der Waals surface area contributed by atoms with Gasteiger partial charge in [0.2, 0.25) is 5.91 Å². The summed E-state index contributed by atoms with van der Waals surface area (Å²) in [6.45, 7) is 5.55. The Labute approximate surface area is 273 Å². The number of benzene rings is 4. The number of aliphatic hydroxyl groups excluding tert-OH is 1. The fourth-order valence-electron chi connectivity index (χ4n) is 5.10. The number of carbonyl (C=O) groups is 2. The first-order chi connectivity index (χ1) is 22.4. The van der Waals surface area contributed by atoms with E-state index in [0.717, 1.165) is 49.7 Å². The highest BCUT2D eigenvalue weighted by Gasteiger charge is 2.32. The van der Waals surface area contributed by atoms with E-state index in [1.807, 2.05) is 97.1 Å². The molecule has 3 atom stereocenters. The number of ether oxygens (including phenoxy) is 3. The maximum Gasteiger partial charge on any atom is 0.407 e. The lowest BCUT2D eigenvalue weighted by Crippen LogP contribution is -2.31. The Morgan fingerprint density at radius 2 is 1.67 bits per heavy atom. The summed E-state index contributed by atoms with van der Waals surface area (Å²) >= 11 is 1.70. The highest BCUT2D eigenvalue weighted by molar-refractivity contribution is 7.99. The fourth-order valence-corrected chi connectivity index (χ4v) is 6.02. The van der Waals surface area contributed by atoms with Gasteiger partial charge in [0.1, 0.15) is 6.61 Å². The van der Waals surface area contributed by atoms with Gasteiger partial charge < -0.3 is 30.0 Å². The molecule has 1 aliphatic heterocycles. The molecule has 0 bridgehead atoms. The van der Waals surface area contributed by atoms with Gasteiger partial charge in [0.25, 0.3) is 0 Å². The molecule has 0 spiro atoms. The van der Waals surface area contributed by atoms with E-state index in [1.165, 1.54) is 13.0 Å².